The van der Waals surface area contributed by atoms with Gasteiger partial charge in [-0.15, -0.1) is 0 Å². The Hall–Kier alpha value is -1.83. The van der Waals surface area contributed by atoms with E-state index in [1.165, 1.54) is 4.90 Å². The minimum absolute atomic E-state index is 0.117. The van der Waals surface area contributed by atoms with Crippen molar-refractivity contribution >= 4 is 5.91 Å². The Labute approximate surface area is 134 Å². The number of nitrogens with zero attached hydrogens (tertiary/aromatic N) is 1. The Morgan fingerprint density at radius 2 is 1.96 bits per heavy atom. The number of rotatable bonds is 3. The minimum Gasteiger partial charge on any atom is -0.485 e. The third kappa shape index (κ3) is 3.41. The summed E-state index contributed by atoms with van der Waals surface area (Å²) in [5, 5.41) is 19.6. The van der Waals surface area contributed by atoms with Crippen molar-refractivity contribution in [3.05, 3.63) is 24.3 Å². The first-order valence-electron chi connectivity index (χ1n) is 7.63. The number of carbonyl (C=O) groups is 1. The fourth-order valence-electron chi connectivity index (χ4n) is 2.84. The van der Waals surface area contributed by atoms with Gasteiger partial charge in [0.25, 0.3) is 5.91 Å². The predicted octanol–water partition coefficient (Wildman–Crippen LogP) is -0.347. The van der Waals surface area contributed by atoms with E-state index < -0.39 is 18.3 Å². The molecule has 1 aromatic carbocycles. The van der Waals surface area contributed by atoms with Crippen molar-refractivity contribution in [3.63, 3.8) is 0 Å². The molecule has 2 heterocycles. The molecule has 3 rings (SSSR count). The summed E-state index contributed by atoms with van der Waals surface area (Å²) in [6.45, 7) is 0.845. The Morgan fingerprint density at radius 3 is 2.74 bits per heavy atom. The summed E-state index contributed by atoms with van der Waals surface area (Å²) in [5.74, 6) is 0.608. The highest BCUT2D eigenvalue weighted by atomic mass is 16.6. The maximum absolute atomic E-state index is 12.5. The van der Waals surface area contributed by atoms with Crippen LogP contribution in [0.5, 0.6) is 11.5 Å². The van der Waals surface area contributed by atoms with E-state index in [9.17, 15) is 15.0 Å². The quantitative estimate of drug-likeness (QED) is 0.791. The zero-order chi connectivity index (χ0) is 16.4. The number of carbonyl (C=O) groups excluding carboxylic acids is 1. The van der Waals surface area contributed by atoms with E-state index in [2.05, 4.69) is 0 Å². The van der Waals surface area contributed by atoms with Gasteiger partial charge in [-0.3, -0.25) is 4.79 Å². The lowest BCUT2D eigenvalue weighted by atomic mass is 9.96. The molecule has 126 valence electrons. The number of likely N-dealkylation sites (N-methyl/N-ethyl adjacent to an activating group) is 1. The average molecular weight is 323 g/mol. The summed E-state index contributed by atoms with van der Waals surface area (Å²) in [6, 6.07) is 7.20. The van der Waals surface area contributed by atoms with Gasteiger partial charge in [0, 0.05) is 19.5 Å². The van der Waals surface area contributed by atoms with Gasteiger partial charge in [-0.1, -0.05) is 12.1 Å². The first-order chi connectivity index (χ1) is 11.1. The molecule has 0 bridgehead atoms. The molecule has 4 atom stereocenters. The molecule has 7 heteroatoms. The number of fused-ring (bicyclic) bond motifs is 1. The second-order valence-electron chi connectivity index (χ2n) is 5.94. The number of aliphatic hydroxyl groups is 2. The molecule has 2 aliphatic rings. The number of benzene rings is 1. The van der Waals surface area contributed by atoms with Gasteiger partial charge >= 0.3 is 0 Å². The zero-order valence-corrected chi connectivity index (χ0v) is 12.9. The summed E-state index contributed by atoms with van der Waals surface area (Å²) >= 11 is 0. The SMILES string of the molecule is CN(C[C@@H]1COC[C@@H](O)[C@H]1O)C(=O)C1COc2ccccc2O1. The Morgan fingerprint density at radius 1 is 1.22 bits per heavy atom. The molecule has 0 aliphatic carbocycles. The summed E-state index contributed by atoms with van der Waals surface area (Å²) in [5.41, 5.74) is 0. The molecule has 1 fully saturated rings. The van der Waals surface area contributed by atoms with Crippen LogP contribution in [0.15, 0.2) is 24.3 Å². The van der Waals surface area contributed by atoms with E-state index >= 15 is 0 Å². The Bertz CT molecular complexity index is 565. The zero-order valence-electron chi connectivity index (χ0n) is 12.9. The summed E-state index contributed by atoms with van der Waals surface area (Å²) in [7, 11) is 1.64. The summed E-state index contributed by atoms with van der Waals surface area (Å²) in [4.78, 5) is 14.0. The lowest BCUT2D eigenvalue weighted by Crippen LogP contribution is -2.51. The molecule has 0 spiro atoms. The lowest BCUT2D eigenvalue weighted by molar-refractivity contribution is -0.147. The van der Waals surface area contributed by atoms with Gasteiger partial charge in [0.15, 0.2) is 11.5 Å². The van der Waals surface area contributed by atoms with Crippen LogP contribution in [0, 0.1) is 5.92 Å². The molecule has 0 saturated carbocycles. The third-order valence-corrected chi connectivity index (χ3v) is 4.17. The molecular weight excluding hydrogens is 302 g/mol. The molecule has 1 saturated heterocycles. The van der Waals surface area contributed by atoms with E-state index in [1.54, 1.807) is 19.2 Å². The van der Waals surface area contributed by atoms with Gasteiger partial charge in [0.05, 0.1) is 19.3 Å². The van der Waals surface area contributed by atoms with Crippen LogP contribution in [-0.2, 0) is 9.53 Å². The highest BCUT2D eigenvalue weighted by Gasteiger charge is 2.35. The van der Waals surface area contributed by atoms with Crippen molar-refractivity contribution in [2.75, 3.05) is 33.4 Å². The van der Waals surface area contributed by atoms with Gasteiger partial charge in [-0.2, -0.15) is 0 Å². The van der Waals surface area contributed by atoms with Gasteiger partial charge in [0.1, 0.15) is 12.7 Å². The second kappa shape index (κ2) is 6.74. The first kappa shape index (κ1) is 16.0. The molecule has 1 amide bonds. The van der Waals surface area contributed by atoms with Crippen molar-refractivity contribution in [3.8, 4) is 11.5 Å². The van der Waals surface area contributed by atoms with E-state index in [0.29, 0.717) is 18.1 Å². The van der Waals surface area contributed by atoms with Gasteiger partial charge in [-0.05, 0) is 12.1 Å². The predicted molar refractivity (Wildman–Crippen MR) is 80.3 cm³/mol. The van der Waals surface area contributed by atoms with Crippen LogP contribution in [0.25, 0.3) is 0 Å². The van der Waals surface area contributed by atoms with Crippen LogP contribution >= 0.6 is 0 Å². The molecule has 0 aromatic heterocycles. The highest BCUT2D eigenvalue weighted by Crippen LogP contribution is 2.31. The normalized spacial score (nSPS) is 29.9. The Kier molecular flexibility index (Phi) is 4.70. The van der Waals surface area contributed by atoms with Crippen LogP contribution in [0.4, 0.5) is 0 Å². The van der Waals surface area contributed by atoms with Crippen LogP contribution in [0.3, 0.4) is 0 Å². The molecule has 1 unspecified atom stereocenters. The van der Waals surface area contributed by atoms with Crippen molar-refractivity contribution in [2.45, 2.75) is 18.3 Å². The first-order valence-corrected chi connectivity index (χ1v) is 7.63. The van der Waals surface area contributed by atoms with Crippen molar-refractivity contribution in [1.82, 2.24) is 4.90 Å². The average Bonchev–Trinajstić information content (AvgIpc) is 2.57. The van der Waals surface area contributed by atoms with E-state index in [-0.39, 0.29) is 31.6 Å². The summed E-state index contributed by atoms with van der Waals surface area (Å²) < 4.78 is 16.5. The number of hydrogen-bond acceptors (Lipinski definition) is 6. The number of ether oxygens (including phenoxy) is 3. The maximum Gasteiger partial charge on any atom is 0.267 e. The fraction of sp³-hybridized carbons (Fsp3) is 0.562. The van der Waals surface area contributed by atoms with E-state index in [0.717, 1.165) is 0 Å². The second-order valence-corrected chi connectivity index (χ2v) is 5.94. The monoisotopic (exact) mass is 323 g/mol. The van der Waals surface area contributed by atoms with Gasteiger partial charge in [0.2, 0.25) is 6.10 Å². The highest BCUT2D eigenvalue weighted by molar-refractivity contribution is 5.81. The van der Waals surface area contributed by atoms with Crippen LogP contribution in [0.1, 0.15) is 0 Å². The van der Waals surface area contributed by atoms with E-state index in [1.807, 2.05) is 12.1 Å². The van der Waals surface area contributed by atoms with Gasteiger partial charge < -0.3 is 29.3 Å². The molecule has 1 aromatic rings. The minimum atomic E-state index is -0.918. The molecule has 7 nitrogen and oxygen atoms in total. The number of para-hydroxylation sites is 2. The van der Waals surface area contributed by atoms with Crippen molar-refractivity contribution in [1.29, 1.82) is 0 Å². The molecule has 2 N–H and O–H groups in total. The molecular formula is C16H21NO6. The lowest BCUT2D eigenvalue weighted by Gasteiger charge is -2.35. The topological polar surface area (TPSA) is 88.5 Å². The number of aliphatic hydroxyl groups excluding tert-OH is 2. The smallest absolute Gasteiger partial charge is 0.267 e. The molecule has 2 aliphatic heterocycles. The van der Waals surface area contributed by atoms with Crippen molar-refractivity contribution < 1.29 is 29.2 Å². The number of amides is 1. The number of hydrogen-bond donors (Lipinski definition) is 2. The van der Waals surface area contributed by atoms with Crippen molar-refractivity contribution in [2.24, 2.45) is 5.92 Å². The molecule has 0 radical (unpaired) electrons. The molecule has 23 heavy (non-hydrogen) atoms. The summed E-state index contributed by atoms with van der Waals surface area (Å²) in [6.07, 6.45) is -2.54. The maximum atomic E-state index is 12.5. The Balaban J connectivity index is 1.60. The van der Waals surface area contributed by atoms with Gasteiger partial charge in [-0.25, -0.2) is 0 Å². The van der Waals surface area contributed by atoms with Crippen LogP contribution in [-0.4, -0.2) is 72.7 Å². The van der Waals surface area contributed by atoms with Crippen LogP contribution in [0.2, 0.25) is 0 Å². The van der Waals surface area contributed by atoms with Crippen LogP contribution < -0.4 is 9.47 Å². The standard InChI is InChI=1S/C16H21NO6/c1-17(6-10-7-21-8-11(18)15(10)19)16(20)14-9-22-12-4-2-3-5-13(12)23-14/h2-5,10-11,14-15,18-19H,6-9H2,1H3/t10-,11-,14?,15+/m1/s1. The largest absolute Gasteiger partial charge is 0.485 e. The van der Waals surface area contributed by atoms with E-state index in [4.69, 9.17) is 14.2 Å². The fourth-order valence-corrected chi connectivity index (χ4v) is 2.84. The third-order valence-electron chi connectivity index (χ3n) is 4.17.